The first kappa shape index (κ1) is 22.8. The van der Waals surface area contributed by atoms with E-state index in [9.17, 15) is 18.0 Å². The van der Waals surface area contributed by atoms with E-state index in [4.69, 9.17) is 0 Å². The molecule has 0 radical (unpaired) electrons. The molecule has 0 spiro atoms. The van der Waals surface area contributed by atoms with Crippen LogP contribution >= 0.6 is 0 Å². The predicted molar refractivity (Wildman–Crippen MR) is 116 cm³/mol. The number of imidazole rings is 1. The third-order valence-electron chi connectivity index (χ3n) is 5.23. The lowest BCUT2D eigenvalue weighted by molar-refractivity contribution is -0.137. The minimum atomic E-state index is -4.42. The summed E-state index contributed by atoms with van der Waals surface area (Å²) in [5, 5.41) is 5.47. The first-order valence-electron chi connectivity index (χ1n) is 10.4. The lowest BCUT2D eigenvalue weighted by Crippen LogP contribution is -2.12. The molecule has 1 amide bonds. The fraction of sp³-hybridized carbons (Fsp3) is 0.391. The number of benzene rings is 2. The standard InChI is InChI=1S/C21H20F3N3O.C2H7N/c22-21(23,24)15-8-6-14(7-9-15)20(28)25-16-10-11-17-18(12-16)27-19(26-17)13-4-2-1-3-5-13;1-3-2/h6-13H,1-5H2,(H,25,28)(H,26,27);3H,1-2H3. The van der Waals surface area contributed by atoms with Crippen LogP contribution < -0.4 is 10.6 Å². The summed E-state index contributed by atoms with van der Waals surface area (Å²) in [6, 6.07) is 9.55. The van der Waals surface area contributed by atoms with Crippen LogP contribution in [0.3, 0.4) is 0 Å². The van der Waals surface area contributed by atoms with Crippen LogP contribution in [0.25, 0.3) is 11.0 Å². The van der Waals surface area contributed by atoms with Gasteiger partial charge in [-0.2, -0.15) is 13.2 Å². The number of aromatic nitrogens is 2. The van der Waals surface area contributed by atoms with Gasteiger partial charge in [0.05, 0.1) is 16.6 Å². The zero-order valence-electron chi connectivity index (χ0n) is 17.6. The minimum Gasteiger partial charge on any atom is -0.342 e. The van der Waals surface area contributed by atoms with Gasteiger partial charge in [0.15, 0.2) is 0 Å². The van der Waals surface area contributed by atoms with Crippen LogP contribution in [0.5, 0.6) is 0 Å². The molecule has 1 fully saturated rings. The van der Waals surface area contributed by atoms with Gasteiger partial charge in [-0.15, -0.1) is 0 Å². The third-order valence-corrected chi connectivity index (χ3v) is 5.23. The summed E-state index contributed by atoms with van der Waals surface area (Å²) in [7, 11) is 3.75. The molecule has 166 valence electrons. The third kappa shape index (κ3) is 5.85. The van der Waals surface area contributed by atoms with Crippen molar-refractivity contribution in [2.45, 2.75) is 44.2 Å². The fourth-order valence-corrected chi connectivity index (χ4v) is 3.69. The van der Waals surface area contributed by atoms with Crippen molar-refractivity contribution < 1.29 is 18.0 Å². The zero-order chi connectivity index (χ0) is 22.4. The van der Waals surface area contributed by atoms with E-state index >= 15 is 0 Å². The van der Waals surface area contributed by atoms with Crippen molar-refractivity contribution in [3.05, 3.63) is 59.4 Å². The lowest BCUT2D eigenvalue weighted by atomic mass is 9.89. The predicted octanol–water partition coefficient (Wildman–Crippen LogP) is 5.72. The monoisotopic (exact) mass is 432 g/mol. The Morgan fingerprint density at radius 2 is 1.68 bits per heavy atom. The average molecular weight is 432 g/mol. The number of nitrogens with zero attached hydrogens (tertiary/aromatic N) is 1. The SMILES string of the molecule is CNC.O=C(Nc1ccc2[nH]c(C3CCCCC3)nc2c1)c1ccc(C(F)(F)F)cc1. The second kappa shape index (κ2) is 9.96. The molecule has 31 heavy (non-hydrogen) atoms. The van der Waals surface area contributed by atoms with Crippen molar-refractivity contribution in [1.29, 1.82) is 0 Å². The molecule has 0 saturated heterocycles. The number of H-pyrrole nitrogens is 1. The Bertz CT molecular complexity index is 1010. The molecule has 0 bridgehead atoms. The van der Waals surface area contributed by atoms with Crippen molar-refractivity contribution in [2.24, 2.45) is 0 Å². The van der Waals surface area contributed by atoms with Gasteiger partial charge in [0.1, 0.15) is 5.82 Å². The summed E-state index contributed by atoms with van der Waals surface area (Å²) in [6.45, 7) is 0. The van der Waals surface area contributed by atoms with Crippen molar-refractivity contribution >= 4 is 22.6 Å². The van der Waals surface area contributed by atoms with E-state index in [1.807, 2.05) is 20.2 Å². The number of alkyl halides is 3. The van der Waals surface area contributed by atoms with E-state index in [0.717, 1.165) is 41.8 Å². The Balaban J connectivity index is 0.000000858. The highest BCUT2D eigenvalue weighted by molar-refractivity contribution is 6.05. The number of fused-ring (bicyclic) bond motifs is 1. The summed E-state index contributed by atoms with van der Waals surface area (Å²) >= 11 is 0. The topological polar surface area (TPSA) is 69.8 Å². The highest BCUT2D eigenvalue weighted by Gasteiger charge is 2.30. The Morgan fingerprint density at radius 1 is 1.03 bits per heavy atom. The summed E-state index contributed by atoms with van der Waals surface area (Å²) in [6.07, 6.45) is 1.56. The highest BCUT2D eigenvalue weighted by Crippen LogP contribution is 2.32. The van der Waals surface area contributed by atoms with E-state index < -0.39 is 17.6 Å². The number of rotatable bonds is 3. The number of anilines is 1. The number of carbonyl (C=O) groups is 1. The zero-order valence-corrected chi connectivity index (χ0v) is 17.6. The second-order valence-corrected chi connectivity index (χ2v) is 7.72. The molecule has 3 N–H and O–H groups in total. The summed E-state index contributed by atoms with van der Waals surface area (Å²) in [4.78, 5) is 20.4. The van der Waals surface area contributed by atoms with Gasteiger partial charge in [0.25, 0.3) is 5.91 Å². The van der Waals surface area contributed by atoms with Gasteiger partial charge < -0.3 is 15.6 Å². The maximum Gasteiger partial charge on any atom is 0.416 e. The van der Waals surface area contributed by atoms with E-state index in [2.05, 4.69) is 20.6 Å². The molecule has 5 nitrogen and oxygen atoms in total. The van der Waals surface area contributed by atoms with E-state index in [-0.39, 0.29) is 5.56 Å². The summed E-state index contributed by atoms with van der Waals surface area (Å²) in [5.41, 5.74) is 1.62. The fourth-order valence-electron chi connectivity index (χ4n) is 3.69. The molecule has 1 heterocycles. The lowest BCUT2D eigenvalue weighted by Gasteiger charge is -2.18. The van der Waals surface area contributed by atoms with Crippen molar-refractivity contribution in [2.75, 3.05) is 19.4 Å². The number of halogens is 3. The molecule has 0 unspecified atom stereocenters. The minimum absolute atomic E-state index is 0.165. The molecule has 1 saturated carbocycles. The molecule has 1 aromatic heterocycles. The molecule has 8 heteroatoms. The Kier molecular flexibility index (Phi) is 7.33. The molecule has 1 aliphatic carbocycles. The summed E-state index contributed by atoms with van der Waals surface area (Å²) in [5.74, 6) is 0.975. The van der Waals surface area contributed by atoms with Crippen LogP contribution in [0.2, 0.25) is 0 Å². The molecule has 4 rings (SSSR count). The Morgan fingerprint density at radius 3 is 2.29 bits per heavy atom. The number of carbonyl (C=O) groups excluding carboxylic acids is 1. The van der Waals surface area contributed by atoms with Gasteiger partial charge in [0, 0.05) is 17.2 Å². The van der Waals surface area contributed by atoms with Crippen molar-refractivity contribution in [3.8, 4) is 0 Å². The molecule has 2 aromatic carbocycles. The van der Waals surface area contributed by atoms with Crippen molar-refractivity contribution in [3.63, 3.8) is 0 Å². The molecular weight excluding hydrogens is 405 g/mol. The summed E-state index contributed by atoms with van der Waals surface area (Å²) < 4.78 is 37.9. The van der Waals surface area contributed by atoms with Gasteiger partial charge in [-0.3, -0.25) is 4.79 Å². The maximum atomic E-state index is 12.6. The van der Waals surface area contributed by atoms with Gasteiger partial charge in [-0.25, -0.2) is 4.98 Å². The molecule has 3 aromatic rings. The van der Waals surface area contributed by atoms with E-state index in [0.29, 0.717) is 11.6 Å². The second-order valence-electron chi connectivity index (χ2n) is 7.72. The largest absolute Gasteiger partial charge is 0.416 e. The van der Waals surface area contributed by atoms with E-state index in [1.165, 1.54) is 31.4 Å². The van der Waals surface area contributed by atoms with Gasteiger partial charge in [0.2, 0.25) is 0 Å². The molecular formula is C23H27F3N4O. The van der Waals surface area contributed by atoms with Crippen LogP contribution in [0.15, 0.2) is 42.5 Å². The Hall–Kier alpha value is -2.87. The van der Waals surface area contributed by atoms with Crippen LogP contribution in [0.1, 0.15) is 59.8 Å². The van der Waals surface area contributed by atoms with E-state index in [1.54, 1.807) is 12.1 Å². The van der Waals surface area contributed by atoms with Gasteiger partial charge in [-0.05, 0) is 69.4 Å². The van der Waals surface area contributed by atoms with Crippen LogP contribution in [-0.4, -0.2) is 30.0 Å². The Labute approximate surface area is 179 Å². The molecule has 0 atom stereocenters. The van der Waals surface area contributed by atoms with Gasteiger partial charge in [-0.1, -0.05) is 19.3 Å². The van der Waals surface area contributed by atoms with Crippen LogP contribution in [-0.2, 0) is 6.18 Å². The normalized spacial score (nSPS) is 14.7. The number of nitrogens with one attached hydrogen (secondary N) is 3. The van der Waals surface area contributed by atoms with Crippen LogP contribution in [0.4, 0.5) is 18.9 Å². The number of hydrogen-bond donors (Lipinski definition) is 3. The number of aromatic amines is 1. The van der Waals surface area contributed by atoms with Gasteiger partial charge >= 0.3 is 6.18 Å². The number of amides is 1. The van der Waals surface area contributed by atoms with Crippen LogP contribution in [0, 0.1) is 0 Å². The quantitative estimate of drug-likeness (QED) is 0.496. The smallest absolute Gasteiger partial charge is 0.342 e. The molecule has 1 aliphatic rings. The molecule has 0 aliphatic heterocycles. The van der Waals surface area contributed by atoms with Crippen molar-refractivity contribution in [1.82, 2.24) is 15.3 Å². The number of hydrogen-bond acceptors (Lipinski definition) is 3. The average Bonchev–Trinajstić information content (AvgIpc) is 3.18. The highest BCUT2D eigenvalue weighted by atomic mass is 19.4. The maximum absolute atomic E-state index is 12.6. The first-order chi connectivity index (χ1) is 14.8. The first-order valence-corrected chi connectivity index (χ1v) is 10.4.